The predicted octanol–water partition coefficient (Wildman–Crippen LogP) is 2.87. The van der Waals surface area contributed by atoms with Crippen molar-refractivity contribution in [1.82, 2.24) is 8.87 Å². The zero-order chi connectivity index (χ0) is 22.5. The summed E-state index contributed by atoms with van der Waals surface area (Å²) in [5.41, 5.74) is 1.83. The van der Waals surface area contributed by atoms with Gasteiger partial charge in [-0.15, -0.1) is 0 Å². The Balaban J connectivity index is 1.43. The maximum absolute atomic E-state index is 13.3. The van der Waals surface area contributed by atoms with Gasteiger partial charge in [-0.3, -0.25) is 9.59 Å². The van der Waals surface area contributed by atoms with Crippen LogP contribution in [0.4, 0.5) is 5.69 Å². The molecule has 2 aliphatic heterocycles. The van der Waals surface area contributed by atoms with Gasteiger partial charge in [-0.05, 0) is 60.9 Å². The molecule has 0 aliphatic carbocycles. The molecule has 166 valence electrons. The topological polar surface area (TPSA) is 102 Å². The number of carbonyl (C=O) groups is 1. The molecule has 1 aromatic carbocycles. The number of fused-ring (bicyclic) bond motifs is 4. The van der Waals surface area contributed by atoms with Crippen molar-refractivity contribution in [3.63, 3.8) is 0 Å². The molecule has 32 heavy (non-hydrogen) atoms. The summed E-state index contributed by atoms with van der Waals surface area (Å²) >= 11 is 0. The molecule has 5 rings (SSSR count). The Morgan fingerprint density at radius 1 is 1.06 bits per heavy atom. The third kappa shape index (κ3) is 3.57. The number of benzene rings is 1. The fraction of sp³-hybridized carbons (Fsp3) is 0.304. The zero-order valence-corrected chi connectivity index (χ0v) is 18.3. The molecule has 1 amide bonds. The standard InChI is InChI=1S/C23H23N3O5S/c1-15(27)24-18-4-6-19(7-5-18)32(29,30)25-12-16-11-17(14-25)21-9-8-20(22-3-2-10-31-22)23(28)26(21)13-16/h2-10,16-17H,11-14H2,1H3,(H,24,27). The monoisotopic (exact) mass is 453 g/mol. The third-order valence-corrected chi connectivity index (χ3v) is 8.02. The largest absolute Gasteiger partial charge is 0.464 e. The van der Waals surface area contributed by atoms with Gasteiger partial charge in [0.2, 0.25) is 15.9 Å². The summed E-state index contributed by atoms with van der Waals surface area (Å²) in [5.74, 6) is 0.329. The van der Waals surface area contributed by atoms with Crippen LogP contribution >= 0.6 is 0 Å². The number of sulfonamides is 1. The van der Waals surface area contributed by atoms with Crippen LogP contribution in [0.2, 0.25) is 0 Å². The number of hydrogen-bond acceptors (Lipinski definition) is 5. The van der Waals surface area contributed by atoms with Gasteiger partial charge in [0.1, 0.15) is 5.76 Å². The summed E-state index contributed by atoms with van der Waals surface area (Å²) in [5, 5.41) is 2.64. The number of aromatic nitrogens is 1. The van der Waals surface area contributed by atoms with Crippen molar-refractivity contribution in [3.8, 4) is 11.3 Å². The first-order valence-corrected chi connectivity index (χ1v) is 11.9. The molecule has 2 atom stereocenters. The highest BCUT2D eigenvalue weighted by molar-refractivity contribution is 7.89. The van der Waals surface area contributed by atoms with E-state index >= 15 is 0 Å². The highest BCUT2D eigenvalue weighted by atomic mass is 32.2. The van der Waals surface area contributed by atoms with Gasteiger partial charge in [0.15, 0.2) is 0 Å². The fourth-order valence-electron chi connectivity index (χ4n) is 4.78. The first kappa shape index (κ1) is 20.7. The van der Waals surface area contributed by atoms with E-state index in [1.807, 2.05) is 6.07 Å². The second kappa shape index (κ2) is 7.75. The molecule has 3 aromatic rings. The lowest BCUT2D eigenvalue weighted by Gasteiger charge is -2.42. The molecule has 1 N–H and O–H groups in total. The maximum Gasteiger partial charge on any atom is 0.261 e. The van der Waals surface area contributed by atoms with Gasteiger partial charge in [0.25, 0.3) is 5.56 Å². The van der Waals surface area contributed by atoms with Crippen molar-refractivity contribution in [1.29, 1.82) is 0 Å². The van der Waals surface area contributed by atoms with Crippen molar-refractivity contribution < 1.29 is 17.6 Å². The molecule has 2 bridgehead atoms. The number of nitrogens with one attached hydrogen (secondary N) is 1. The summed E-state index contributed by atoms with van der Waals surface area (Å²) in [7, 11) is -3.69. The number of hydrogen-bond donors (Lipinski definition) is 1. The molecular weight excluding hydrogens is 430 g/mol. The van der Waals surface area contributed by atoms with E-state index in [1.54, 1.807) is 41.2 Å². The third-order valence-electron chi connectivity index (χ3n) is 6.17. The van der Waals surface area contributed by atoms with Crippen LogP contribution in [-0.2, 0) is 21.4 Å². The summed E-state index contributed by atoms with van der Waals surface area (Å²) in [6.45, 7) is 2.57. The van der Waals surface area contributed by atoms with E-state index in [2.05, 4.69) is 5.32 Å². The molecule has 9 heteroatoms. The molecule has 1 saturated heterocycles. The number of piperidine rings is 1. The smallest absolute Gasteiger partial charge is 0.261 e. The van der Waals surface area contributed by atoms with E-state index < -0.39 is 10.0 Å². The van der Waals surface area contributed by atoms with E-state index in [4.69, 9.17) is 4.42 Å². The zero-order valence-electron chi connectivity index (χ0n) is 17.5. The molecule has 0 radical (unpaired) electrons. The van der Waals surface area contributed by atoms with Crippen LogP contribution in [0, 0.1) is 5.92 Å². The molecule has 0 spiro atoms. The Morgan fingerprint density at radius 3 is 2.53 bits per heavy atom. The van der Waals surface area contributed by atoms with Gasteiger partial charge in [-0.1, -0.05) is 0 Å². The van der Waals surface area contributed by atoms with Crippen LogP contribution in [0.15, 0.2) is 68.9 Å². The van der Waals surface area contributed by atoms with Crippen LogP contribution in [0.3, 0.4) is 0 Å². The Kier molecular flexibility index (Phi) is 5.02. The summed E-state index contributed by atoms with van der Waals surface area (Å²) in [6.07, 6.45) is 2.39. The van der Waals surface area contributed by atoms with Crippen molar-refractivity contribution in [2.75, 3.05) is 18.4 Å². The Morgan fingerprint density at radius 2 is 1.84 bits per heavy atom. The Labute approximate surface area is 185 Å². The van der Waals surface area contributed by atoms with Crippen molar-refractivity contribution in [2.45, 2.75) is 30.7 Å². The fourth-order valence-corrected chi connectivity index (χ4v) is 6.34. The van der Waals surface area contributed by atoms with Gasteiger partial charge in [0.05, 0.1) is 16.7 Å². The van der Waals surface area contributed by atoms with E-state index in [9.17, 15) is 18.0 Å². The summed E-state index contributed by atoms with van der Waals surface area (Å²) in [4.78, 5) is 24.5. The Hall–Kier alpha value is -3.17. The van der Waals surface area contributed by atoms with Crippen LogP contribution in [0.25, 0.3) is 11.3 Å². The first-order valence-electron chi connectivity index (χ1n) is 10.5. The van der Waals surface area contributed by atoms with Gasteiger partial charge in [-0.25, -0.2) is 8.42 Å². The molecule has 4 heterocycles. The van der Waals surface area contributed by atoms with Gasteiger partial charge in [0, 0.05) is 43.9 Å². The normalized spacial score (nSPS) is 20.5. The van der Waals surface area contributed by atoms with Gasteiger partial charge >= 0.3 is 0 Å². The lowest BCUT2D eigenvalue weighted by Crippen LogP contribution is -2.49. The van der Waals surface area contributed by atoms with Gasteiger partial charge < -0.3 is 14.3 Å². The molecule has 1 fully saturated rings. The quantitative estimate of drug-likeness (QED) is 0.655. The number of anilines is 1. The number of rotatable bonds is 4. The lowest BCUT2D eigenvalue weighted by molar-refractivity contribution is -0.114. The van der Waals surface area contributed by atoms with E-state index in [0.29, 0.717) is 36.6 Å². The van der Waals surface area contributed by atoms with Crippen molar-refractivity contribution in [2.24, 2.45) is 5.92 Å². The van der Waals surface area contributed by atoms with E-state index in [0.717, 1.165) is 12.1 Å². The van der Waals surface area contributed by atoms with Crippen molar-refractivity contribution >= 4 is 21.6 Å². The van der Waals surface area contributed by atoms with Crippen LogP contribution < -0.4 is 10.9 Å². The average molecular weight is 454 g/mol. The minimum atomic E-state index is -3.69. The highest BCUT2D eigenvalue weighted by Crippen LogP contribution is 2.38. The summed E-state index contributed by atoms with van der Waals surface area (Å²) in [6, 6.07) is 13.4. The van der Waals surface area contributed by atoms with Crippen LogP contribution in [0.1, 0.15) is 25.0 Å². The lowest BCUT2D eigenvalue weighted by atomic mass is 9.84. The minimum absolute atomic E-state index is 0.0470. The van der Waals surface area contributed by atoms with Crippen LogP contribution in [-0.4, -0.2) is 36.3 Å². The Bertz CT molecular complexity index is 1330. The summed E-state index contributed by atoms with van der Waals surface area (Å²) < 4.78 is 35.3. The number of carbonyl (C=O) groups excluding carboxylic acids is 1. The van der Waals surface area contributed by atoms with E-state index in [1.165, 1.54) is 23.4 Å². The number of furan rings is 1. The molecule has 2 unspecified atom stereocenters. The molecule has 0 saturated carbocycles. The number of amides is 1. The van der Waals surface area contributed by atoms with E-state index in [-0.39, 0.29) is 28.2 Å². The SMILES string of the molecule is CC(=O)Nc1ccc(S(=O)(=O)N2CC3CC(C2)c2ccc(-c4ccco4)c(=O)n2C3)cc1. The average Bonchev–Trinajstić information content (AvgIpc) is 3.29. The second-order valence-corrected chi connectivity index (χ2v) is 10.3. The minimum Gasteiger partial charge on any atom is -0.464 e. The predicted molar refractivity (Wildman–Crippen MR) is 119 cm³/mol. The first-order chi connectivity index (χ1) is 15.3. The maximum atomic E-state index is 13.3. The highest BCUT2D eigenvalue weighted by Gasteiger charge is 2.39. The number of pyridine rings is 1. The molecular formula is C23H23N3O5S. The van der Waals surface area contributed by atoms with Crippen molar-refractivity contribution in [3.05, 3.63) is 70.8 Å². The molecule has 2 aromatic heterocycles. The number of nitrogens with zero attached hydrogens (tertiary/aromatic N) is 2. The molecule has 2 aliphatic rings. The van der Waals surface area contributed by atoms with Crippen LogP contribution in [0.5, 0.6) is 0 Å². The molecule has 8 nitrogen and oxygen atoms in total. The second-order valence-electron chi connectivity index (χ2n) is 8.39. The van der Waals surface area contributed by atoms with Gasteiger partial charge in [-0.2, -0.15) is 4.31 Å².